The SMILES string of the molecule is [CH2]CCCCNS(=O)(=O)c1cccs1. The third-order valence-electron chi connectivity index (χ3n) is 1.73. The average Bonchev–Trinajstić information content (AvgIpc) is 2.65. The zero-order valence-electron chi connectivity index (χ0n) is 7.90. The smallest absolute Gasteiger partial charge is 0.210 e. The summed E-state index contributed by atoms with van der Waals surface area (Å²) in [5.41, 5.74) is 0. The van der Waals surface area contributed by atoms with Crippen molar-refractivity contribution in [3.63, 3.8) is 0 Å². The van der Waals surface area contributed by atoms with Gasteiger partial charge >= 0.3 is 0 Å². The highest BCUT2D eigenvalue weighted by Gasteiger charge is 2.13. The molecule has 1 heterocycles. The van der Waals surface area contributed by atoms with E-state index in [0.717, 1.165) is 19.3 Å². The van der Waals surface area contributed by atoms with Gasteiger partial charge in [-0.15, -0.1) is 11.3 Å². The Kier molecular flexibility index (Phi) is 4.57. The monoisotopic (exact) mass is 232 g/mol. The molecule has 1 N–H and O–H groups in total. The molecular formula is C9H14NO2S2. The number of hydrogen-bond acceptors (Lipinski definition) is 3. The van der Waals surface area contributed by atoms with Gasteiger partial charge in [-0.25, -0.2) is 13.1 Å². The molecule has 5 heteroatoms. The van der Waals surface area contributed by atoms with E-state index >= 15 is 0 Å². The van der Waals surface area contributed by atoms with Gasteiger partial charge in [0.1, 0.15) is 4.21 Å². The van der Waals surface area contributed by atoms with E-state index in [-0.39, 0.29) is 0 Å². The number of unbranched alkanes of at least 4 members (excludes halogenated alkanes) is 2. The summed E-state index contributed by atoms with van der Waals surface area (Å²) in [6.45, 7) is 4.19. The highest BCUT2D eigenvalue weighted by molar-refractivity contribution is 7.91. The Bertz CT molecular complexity index is 343. The normalized spacial score (nSPS) is 11.8. The predicted molar refractivity (Wildman–Crippen MR) is 58.7 cm³/mol. The molecule has 79 valence electrons. The summed E-state index contributed by atoms with van der Waals surface area (Å²) < 4.78 is 26.0. The number of thiophene rings is 1. The van der Waals surface area contributed by atoms with Crippen molar-refractivity contribution in [1.29, 1.82) is 0 Å². The van der Waals surface area contributed by atoms with Gasteiger partial charge in [0.15, 0.2) is 0 Å². The van der Waals surface area contributed by atoms with Gasteiger partial charge in [-0.3, -0.25) is 0 Å². The topological polar surface area (TPSA) is 46.2 Å². The molecule has 0 bridgehead atoms. The van der Waals surface area contributed by atoms with Crippen molar-refractivity contribution < 1.29 is 8.42 Å². The van der Waals surface area contributed by atoms with Crippen molar-refractivity contribution in [2.75, 3.05) is 6.54 Å². The minimum absolute atomic E-state index is 0.382. The summed E-state index contributed by atoms with van der Waals surface area (Å²) in [5, 5.41) is 1.75. The fraction of sp³-hybridized carbons (Fsp3) is 0.444. The van der Waals surface area contributed by atoms with Gasteiger partial charge in [-0.1, -0.05) is 25.8 Å². The van der Waals surface area contributed by atoms with Crippen LogP contribution in [0, 0.1) is 6.92 Å². The summed E-state index contributed by atoms with van der Waals surface area (Å²) in [5.74, 6) is 0. The van der Waals surface area contributed by atoms with Gasteiger partial charge in [-0.2, -0.15) is 0 Å². The van der Waals surface area contributed by atoms with Crippen molar-refractivity contribution in [3.8, 4) is 0 Å². The van der Waals surface area contributed by atoms with Gasteiger partial charge in [0, 0.05) is 6.54 Å². The molecule has 0 atom stereocenters. The summed E-state index contributed by atoms with van der Waals surface area (Å²) in [7, 11) is -3.25. The molecule has 0 saturated carbocycles. The quantitative estimate of drug-likeness (QED) is 0.763. The summed E-state index contributed by atoms with van der Waals surface area (Å²) in [6, 6.07) is 3.34. The van der Waals surface area contributed by atoms with Crippen LogP contribution in [0.3, 0.4) is 0 Å². The molecule has 0 spiro atoms. The van der Waals surface area contributed by atoms with Crippen LogP contribution in [0.1, 0.15) is 19.3 Å². The van der Waals surface area contributed by atoms with Gasteiger partial charge in [-0.05, 0) is 17.9 Å². The van der Waals surface area contributed by atoms with Crippen LogP contribution >= 0.6 is 11.3 Å². The maximum Gasteiger partial charge on any atom is 0.250 e. The Labute approximate surface area is 89.2 Å². The van der Waals surface area contributed by atoms with E-state index in [2.05, 4.69) is 11.6 Å². The third-order valence-corrected chi connectivity index (χ3v) is 4.59. The molecule has 1 rings (SSSR count). The van der Waals surface area contributed by atoms with Crippen molar-refractivity contribution in [1.82, 2.24) is 4.72 Å². The van der Waals surface area contributed by atoms with Crippen LogP contribution in [0.2, 0.25) is 0 Å². The molecule has 0 aliphatic rings. The van der Waals surface area contributed by atoms with E-state index in [1.807, 2.05) is 0 Å². The van der Waals surface area contributed by atoms with Crippen LogP contribution < -0.4 is 4.72 Å². The predicted octanol–water partition coefficient (Wildman–Crippen LogP) is 2.03. The molecule has 1 aromatic heterocycles. The van der Waals surface area contributed by atoms with E-state index in [0.29, 0.717) is 10.8 Å². The summed E-state index contributed by atoms with van der Waals surface area (Å²) >= 11 is 1.23. The van der Waals surface area contributed by atoms with Crippen LogP contribution in [-0.4, -0.2) is 15.0 Å². The average molecular weight is 232 g/mol. The molecule has 3 nitrogen and oxygen atoms in total. The zero-order valence-corrected chi connectivity index (χ0v) is 9.53. The lowest BCUT2D eigenvalue weighted by Gasteiger charge is -2.03. The van der Waals surface area contributed by atoms with Crippen LogP contribution in [-0.2, 0) is 10.0 Å². The fourth-order valence-electron chi connectivity index (χ4n) is 0.996. The molecular weight excluding hydrogens is 218 g/mol. The lowest BCUT2D eigenvalue weighted by Crippen LogP contribution is -2.23. The van der Waals surface area contributed by atoms with E-state index in [1.54, 1.807) is 17.5 Å². The second kappa shape index (κ2) is 5.48. The van der Waals surface area contributed by atoms with E-state index in [4.69, 9.17) is 0 Å². The van der Waals surface area contributed by atoms with Crippen molar-refractivity contribution in [2.45, 2.75) is 23.5 Å². The van der Waals surface area contributed by atoms with Crippen molar-refractivity contribution in [3.05, 3.63) is 24.4 Å². The molecule has 0 fully saturated rings. The van der Waals surface area contributed by atoms with Crippen LogP contribution in [0.25, 0.3) is 0 Å². The van der Waals surface area contributed by atoms with Crippen LogP contribution in [0.15, 0.2) is 21.7 Å². The maximum absolute atomic E-state index is 11.5. The fourth-order valence-corrected chi connectivity index (χ4v) is 3.11. The Balaban J connectivity index is 2.44. The second-order valence-corrected chi connectivity index (χ2v) is 5.83. The first kappa shape index (κ1) is 11.7. The number of nitrogens with one attached hydrogen (secondary N) is 1. The largest absolute Gasteiger partial charge is 0.250 e. The molecule has 1 radical (unpaired) electrons. The third kappa shape index (κ3) is 3.40. The molecule has 14 heavy (non-hydrogen) atoms. The summed E-state index contributed by atoms with van der Waals surface area (Å²) in [6.07, 6.45) is 2.64. The number of rotatable bonds is 6. The Morgan fingerprint density at radius 1 is 1.43 bits per heavy atom. The van der Waals surface area contributed by atoms with E-state index in [1.165, 1.54) is 11.3 Å². The summed E-state index contributed by atoms with van der Waals surface area (Å²) in [4.78, 5) is 0. The standard InChI is InChI=1S/C9H14NO2S2/c1-2-3-4-7-10-14(11,12)9-6-5-8-13-9/h5-6,8,10H,1-4,7H2. The first-order valence-electron chi connectivity index (χ1n) is 4.49. The van der Waals surface area contributed by atoms with Gasteiger partial charge in [0.2, 0.25) is 10.0 Å². The van der Waals surface area contributed by atoms with Gasteiger partial charge < -0.3 is 0 Å². The first-order valence-corrected chi connectivity index (χ1v) is 6.85. The minimum Gasteiger partial charge on any atom is -0.210 e. The second-order valence-electron chi connectivity index (χ2n) is 2.89. The van der Waals surface area contributed by atoms with Crippen LogP contribution in [0.5, 0.6) is 0 Å². The maximum atomic E-state index is 11.5. The minimum atomic E-state index is -3.25. The Morgan fingerprint density at radius 3 is 2.79 bits per heavy atom. The van der Waals surface area contributed by atoms with E-state index < -0.39 is 10.0 Å². The highest BCUT2D eigenvalue weighted by atomic mass is 32.2. The molecule has 0 aromatic carbocycles. The van der Waals surface area contributed by atoms with Crippen LogP contribution in [0.4, 0.5) is 0 Å². The first-order chi connectivity index (χ1) is 6.67. The molecule has 0 aliphatic carbocycles. The molecule has 1 aromatic rings. The number of sulfonamides is 1. The lowest BCUT2D eigenvalue weighted by molar-refractivity contribution is 0.579. The van der Waals surface area contributed by atoms with Crippen molar-refractivity contribution >= 4 is 21.4 Å². The molecule has 0 unspecified atom stereocenters. The van der Waals surface area contributed by atoms with Gasteiger partial charge in [0.05, 0.1) is 0 Å². The molecule has 0 amide bonds. The van der Waals surface area contributed by atoms with Gasteiger partial charge in [0.25, 0.3) is 0 Å². The van der Waals surface area contributed by atoms with Crippen molar-refractivity contribution in [2.24, 2.45) is 0 Å². The highest BCUT2D eigenvalue weighted by Crippen LogP contribution is 2.15. The Morgan fingerprint density at radius 2 is 2.21 bits per heavy atom. The van der Waals surface area contributed by atoms with E-state index in [9.17, 15) is 8.42 Å². The zero-order chi connectivity index (χ0) is 10.4. The number of hydrogen-bond donors (Lipinski definition) is 1. The molecule has 0 aliphatic heterocycles. The molecule has 0 saturated heterocycles. The lowest BCUT2D eigenvalue weighted by atomic mass is 10.3. The Hall–Kier alpha value is -0.390.